The molecular formula is C15H26O4. The Morgan fingerprint density at radius 1 is 1.32 bits per heavy atom. The predicted octanol–water partition coefficient (Wildman–Crippen LogP) is 3.22. The zero-order chi connectivity index (χ0) is 14.6. The van der Waals surface area contributed by atoms with Crippen LogP contribution in [-0.4, -0.2) is 29.1 Å². The first kappa shape index (κ1) is 16.2. The molecule has 0 amide bonds. The van der Waals surface area contributed by atoms with E-state index in [4.69, 9.17) is 14.6 Å². The van der Waals surface area contributed by atoms with Crippen LogP contribution in [0.25, 0.3) is 0 Å². The van der Waals surface area contributed by atoms with Crippen LogP contribution < -0.4 is 0 Å². The summed E-state index contributed by atoms with van der Waals surface area (Å²) in [5.74, 6) is -0.791. The van der Waals surface area contributed by atoms with Gasteiger partial charge in [-0.1, -0.05) is 32.9 Å². The molecule has 0 bridgehead atoms. The number of hydrogen-bond donors (Lipinski definition) is 1. The molecule has 0 spiro atoms. The smallest absolute Gasteiger partial charge is 0.306 e. The van der Waals surface area contributed by atoms with Crippen LogP contribution in [0.2, 0.25) is 0 Å². The summed E-state index contributed by atoms with van der Waals surface area (Å²) < 4.78 is 11.5. The number of aliphatic carboxylic acids is 1. The normalized spacial score (nSPS) is 28.1. The standard InChI is InChI=1S/C15H26O4/c1-10(2)7-6-8-11(3)14-12(9-13(16)17)18-15(4,5)19-14/h6,8,10-12,14H,7,9H2,1-5H3,(H,16,17)/b8-6-/t11?,12-,14+/m0/s1. The average Bonchev–Trinajstić information content (AvgIpc) is 2.52. The summed E-state index contributed by atoms with van der Waals surface area (Å²) in [4.78, 5) is 10.9. The lowest BCUT2D eigenvalue weighted by molar-refractivity contribution is -0.153. The Labute approximate surface area is 115 Å². The number of hydrogen-bond acceptors (Lipinski definition) is 3. The fraction of sp³-hybridized carbons (Fsp3) is 0.800. The highest BCUT2D eigenvalue weighted by molar-refractivity contribution is 5.67. The van der Waals surface area contributed by atoms with E-state index >= 15 is 0 Å². The fourth-order valence-electron chi connectivity index (χ4n) is 2.31. The number of carbonyl (C=O) groups is 1. The van der Waals surface area contributed by atoms with E-state index in [1.54, 1.807) is 0 Å². The molecule has 0 aromatic carbocycles. The molecule has 0 saturated carbocycles. The van der Waals surface area contributed by atoms with E-state index in [1.165, 1.54) is 0 Å². The second kappa shape index (κ2) is 6.53. The summed E-state index contributed by atoms with van der Waals surface area (Å²) in [6.07, 6.45) is 4.66. The first-order valence-corrected chi connectivity index (χ1v) is 6.95. The van der Waals surface area contributed by atoms with Crippen molar-refractivity contribution in [3.8, 4) is 0 Å². The molecule has 1 heterocycles. The number of allylic oxidation sites excluding steroid dienone is 1. The maximum atomic E-state index is 10.9. The van der Waals surface area contributed by atoms with Gasteiger partial charge in [-0.3, -0.25) is 4.79 Å². The van der Waals surface area contributed by atoms with Crippen LogP contribution in [0, 0.1) is 11.8 Å². The molecule has 1 unspecified atom stereocenters. The molecule has 1 fully saturated rings. The van der Waals surface area contributed by atoms with E-state index in [0.29, 0.717) is 5.92 Å². The van der Waals surface area contributed by atoms with Gasteiger partial charge in [-0.15, -0.1) is 0 Å². The minimum absolute atomic E-state index is 0.0174. The van der Waals surface area contributed by atoms with Crippen molar-refractivity contribution in [2.45, 2.75) is 65.5 Å². The minimum Gasteiger partial charge on any atom is -0.481 e. The van der Waals surface area contributed by atoms with Crippen molar-refractivity contribution in [2.75, 3.05) is 0 Å². The molecule has 110 valence electrons. The van der Waals surface area contributed by atoms with E-state index in [9.17, 15) is 4.79 Å². The molecule has 4 nitrogen and oxygen atoms in total. The third kappa shape index (κ3) is 5.33. The fourth-order valence-corrected chi connectivity index (χ4v) is 2.31. The van der Waals surface area contributed by atoms with Crippen molar-refractivity contribution < 1.29 is 19.4 Å². The van der Waals surface area contributed by atoms with E-state index in [0.717, 1.165) is 6.42 Å². The third-order valence-corrected chi connectivity index (χ3v) is 3.16. The topological polar surface area (TPSA) is 55.8 Å². The van der Waals surface area contributed by atoms with Crippen LogP contribution in [0.5, 0.6) is 0 Å². The molecule has 3 atom stereocenters. The maximum absolute atomic E-state index is 10.9. The summed E-state index contributed by atoms with van der Waals surface area (Å²) in [5.41, 5.74) is 0. The van der Waals surface area contributed by atoms with Gasteiger partial charge < -0.3 is 14.6 Å². The summed E-state index contributed by atoms with van der Waals surface area (Å²) in [6, 6.07) is 0. The van der Waals surface area contributed by atoms with E-state index < -0.39 is 11.8 Å². The maximum Gasteiger partial charge on any atom is 0.306 e. The van der Waals surface area contributed by atoms with Crippen LogP contribution in [-0.2, 0) is 14.3 Å². The molecule has 0 aromatic heterocycles. The quantitative estimate of drug-likeness (QED) is 0.753. The highest BCUT2D eigenvalue weighted by Gasteiger charge is 2.43. The zero-order valence-electron chi connectivity index (χ0n) is 12.6. The Balaban J connectivity index is 2.66. The van der Waals surface area contributed by atoms with E-state index in [2.05, 4.69) is 26.0 Å². The largest absolute Gasteiger partial charge is 0.481 e. The van der Waals surface area contributed by atoms with Crippen LogP contribution in [0.3, 0.4) is 0 Å². The van der Waals surface area contributed by atoms with Crippen LogP contribution in [0.4, 0.5) is 0 Å². The Morgan fingerprint density at radius 3 is 2.47 bits per heavy atom. The van der Waals surface area contributed by atoms with Gasteiger partial charge in [0.2, 0.25) is 0 Å². The molecule has 0 aromatic rings. The molecule has 19 heavy (non-hydrogen) atoms. The van der Waals surface area contributed by atoms with Crippen molar-refractivity contribution in [1.82, 2.24) is 0 Å². The number of carboxylic acids is 1. The average molecular weight is 270 g/mol. The number of rotatable bonds is 6. The van der Waals surface area contributed by atoms with Crippen LogP contribution in [0.1, 0.15) is 47.5 Å². The summed E-state index contributed by atoms with van der Waals surface area (Å²) >= 11 is 0. The highest BCUT2D eigenvalue weighted by atomic mass is 16.8. The number of ether oxygens (including phenoxy) is 2. The van der Waals surface area contributed by atoms with Gasteiger partial charge in [-0.25, -0.2) is 0 Å². The molecule has 0 radical (unpaired) electrons. The van der Waals surface area contributed by atoms with Gasteiger partial charge in [-0.05, 0) is 26.2 Å². The second-order valence-corrected chi connectivity index (χ2v) is 6.15. The lowest BCUT2D eigenvalue weighted by Crippen LogP contribution is -2.30. The summed E-state index contributed by atoms with van der Waals surface area (Å²) in [7, 11) is 0. The molecule has 1 rings (SSSR count). The van der Waals surface area contributed by atoms with Crippen molar-refractivity contribution >= 4 is 5.97 Å². The Kier molecular flexibility index (Phi) is 5.56. The summed E-state index contributed by atoms with van der Waals surface area (Å²) in [5, 5.41) is 8.94. The Bertz CT molecular complexity index is 333. The van der Waals surface area contributed by atoms with Gasteiger partial charge in [0.15, 0.2) is 5.79 Å². The zero-order valence-corrected chi connectivity index (χ0v) is 12.6. The van der Waals surface area contributed by atoms with Gasteiger partial charge in [0.05, 0.1) is 18.6 Å². The van der Waals surface area contributed by atoms with Gasteiger partial charge in [0.25, 0.3) is 0 Å². The van der Waals surface area contributed by atoms with Crippen molar-refractivity contribution in [1.29, 1.82) is 0 Å². The molecular weight excluding hydrogens is 244 g/mol. The van der Waals surface area contributed by atoms with Gasteiger partial charge >= 0.3 is 5.97 Å². The van der Waals surface area contributed by atoms with E-state index in [-0.39, 0.29) is 24.5 Å². The van der Waals surface area contributed by atoms with Crippen molar-refractivity contribution in [3.63, 3.8) is 0 Å². The Hall–Kier alpha value is -0.870. The molecule has 1 aliphatic heterocycles. The first-order chi connectivity index (χ1) is 8.71. The van der Waals surface area contributed by atoms with Crippen LogP contribution in [0.15, 0.2) is 12.2 Å². The summed E-state index contributed by atoms with van der Waals surface area (Å²) in [6.45, 7) is 10.0. The van der Waals surface area contributed by atoms with Gasteiger partial charge in [0.1, 0.15) is 0 Å². The van der Waals surface area contributed by atoms with Crippen LogP contribution >= 0.6 is 0 Å². The molecule has 1 saturated heterocycles. The van der Waals surface area contributed by atoms with Crippen molar-refractivity contribution in [3.05, 3.63) is 12.2 Å². The van der Waals surface area contributed by atoms with Gasteiger partial charge in [0, 0.05) is 5.92 Å². The first-order valence-electron chi connectivity index (χ1n) is 6.95. The molecule has 0 aliphatic carbocycles. The Morgan fingerprint density at radius 2 is 1.95 bits per heavy atom. The molecule has 1 N–H and O–H groups in total. The minimum atomic E-state index is -0.852. The van der Waals surface area contributed by atoms with E-state index in [1.807, 2.05) is 20.8 Å². The SMILES string of the molecule is CC(C)C/C=C\C(C)[C@H]1OC(C)(C)O[C@H]1CC(=O)O. The lowest BCUT2D eigenvalue weighted by Gasteiger charge is -2.20. The number of carboxylic acid groups (broad SMARTS) is 1. The predicted molar refractivity (Wildman–Crippen MR) is 73.8 cm³/mol. The molecule has 4 heteroatoms. The second-order valence-electron chi connectivity index (χ2n) is 6.15. The van der Waals surface area contributed by atoms with Crippen molar-refractivity contribution in [2.24, 2.45) is 11.8 Å². The third-order valence-electron chi connectivity index (χ3n) is 3.16. The lowest BCUT2D eigenvalue weighted by atomic mass is 9.96. The monoisotopic (exact) mass is 270 g/mol. The van der Waals surface area contributed by atoms with Gasteiger partial charge in [-0.2, -0.15) is 0 Å². The molecule has 1 aliphatic rings. The highest BCUT2D eigenvalue weighted by Crippen LogP contribution is 2.34.